The van der Waals surface area contributed by atoms with Gasteiger partial charge in [-0.2, -0.15) is 0 Å². The Balaban J connectivity index is 1.54. The standard InChI is InChI=1S/C22H31N5O6/c1-3-33-22(31)26-12-10-25(11-13-26)15-20(29)27-9-8-23-21(30)18(27)14-19(28)24-16-4-6-17(32-2)7-5-16/h4-7,18H,3,8-15H2,1-2H3,(H,23,30)(H,24,28). The van der Waals surface area contributed by atoms with Crippen molar-refractivity contribution in [3.63, 3.8) is 0 Å². The first-order chi connectivity index (χ1) is 15.9. The highest BCUT2D eigenvalue weighted by atomic mass is 16.6. The van der Waals surface area contributed by atoms with Gasteiger partial charge in [-0.25, -0.2) is 4.79 Å². The molecule has 1 atom stereocenters. The Hall–Kier alpha value is -3.34. The molecular formula is C22H31N5O6. The van der Waals surface area contributed by atoms with Crippen molar-refractivity contribution in [2.75, 3.05) is 64.8 Å². The quantitative estimate of drug-likeness (QED) is 0.592. The van der Waals surface area contributed by atoms with Crippen molar-refractivity contribution in [1.82, 2.24) is 20.0 Å². The molecule has 4 amide bonds. The summed E-state index contributed by atoms with van der Waals surface area (Å²) in [4.78, 5) is 54.9. The molecule has 0 bridgehead atoms. The molecule has 0 saturated carbocycles. The average molecular weight is 462 g/mol. The number of rotatable bonds is 7. The average Bonchev–Trinajstić information content (AvgIpc) is 2.81. The maximum absolute atomic E-state index is 13.0. The minimum atomic E-state index is -0.870. The van der Waals surface area contributed by atoms with E-state index in [2.05, 4.69) is 10.6 Å². The van der Waals surface area contributed by atoms with Crippen LogP contribution in [0.25, 0.3) is 0 Å². The van der Waals surface area contributed by atoms with Gasteiger partial charge in [-0.15, -0.1) is 0 Å². The lowest BCUT2D eigenvalue weighted by Crippen LogP contribution is -2.60. The second-order valence-electron chi connectivity index (χ2n) is 7.84. The van der Waals surface area contributed by atoms with Crippen LogP contribution >= 0.6 is 0 Å². The third-order valence-corrected chi connectivity index (χ3v) is 5.66. The summed E-state index contributed by atoms with van der Waals surface area (Å²) in [5, 5.41) is 5.49. The molecule has 1 aromatic carbocycles. The summed E-state index contributed by atoms with van der Waals surface area (Å²) in [5.74, 6) is -0.245. The molecule has 1 unspecified atom stereocenters. The first-order valence-electron chi connectivity index (χ1n) is 11.1. The third-order valence-electron chi connectivity index (χ3n) is 5.66. The number of carbonyl (C=O) groups excluding carboxylic acids is 4. The molecule has 2 aliphatic rings. The van der Waals surface area contributed by atoms with Gasteiger partial charge in [0, 0.05) is 45.0 Å². The lowest BCUT2D eigenvalue weighted by atomic mass is 10.1. The summed E-state index contributed by atoms with van der Waals surface area (Å²) < 4.78 is 10.1. The van der Waals surface area contributed by atoms with E-state index in [0.717, 1.165) is 0 Å². The number of hydrogen-bond acceptors (Lipinski definition) is 7. The van der Waals surface area contributed by atoms with Crippen LogP contribution in [0.4, 0.5) is 10.5 Å². The number of nitrogens with one attached hydrogen (secondary N) is 2. The lowest BCUT2D eigenvalue weighted by molar-refractivity contribution is -0.145. The minimum absolute atomic E-state index is 0.126. The topological polar surface area (TPSA) is 121 Å². The van der Waals surface area contributed by atoms with E-state index < -0.39 is 6.04 Å². The van der Waals surface area contributed by atoms with Crippen LogP contribution in [0.3, 0.4) is 0 Å². The highest BCUT2D eigenvalue weighted by Gasteiger charge is 2.35. The summed E-state index contributed by atoms with van der Waals surface area (Å²) in [6, 6.07) is 5.99. The van der Waals surface area contributed by atoms with Gasteiger partial charge >= 0.3 is 6.09 Å². The van der Waals surface area contributed by atoms with E-state index in [1.807, 2.05) is 4.90 Å². The molecule has 2 heterocycles. The fraction of sp³-hybridized carbons (Fsp3) is 0.545. The maximum Gasteiger partial charge on any atom is 0.409 e. The molecule has 2 aliphatic heterocycles. The number of nitrogens with zero attached hydrogens (tertiary/aromatic N) is 3. The first kappa shape index (κ1) is 24.3. The fourth-order valence-corrected chi connectivity index (χ4v) is 3.86. The molecule has 0 spiro atoms. The van der Waals surface area contributed by atoms with E-state index in [9.17, 15) is 19.2 Å². The van der Waals surface area contributed by atoms with Crippen molar-refractivity contribution < 1.29 is 28.7 Å². The number of benzene rings is 1. The molecule has 11 nitrogen and oxygen atoms in total. The highest BCUT2D eigenvalue weighted by molar-refractivity contribution is 5.97. The number of amides is 4. The van der Waals surface area contributed by atoms with Gasteiger partial charge in [0.1, 0.15) is 11.8 Å². The summed E-state index contributed by atoms with van der Waals surface area (Å²) in [6.45, 7) is 4.91. The molecule has 0 aromatic heterocycles. The van der Waals surface area contributed by atoms with Gasteiger partial charge in [-0.3, -0.25) is 19.3 Å². The van der Waals surface area contributed by atoms with Crippen LogP contribution < -0.4 is 15.4 Å². The van der Waals surface area contributed by atoms with Gasteiger partial charge in [0.2, 0.25) is 17.7 Å². The van der Waals surface area contributed by atoms with Gasteiger partial charge in [0.15, 0.2) is 0 Å². The summed E-state index contributed by atoms with van der Waals surface area (Å²) in [6.07, 6.45) is -0.487. The van der Waals surface area contributed by atoms with Crippen LogP contribution in [-0.2, 0) is 19.1 Å². The van der Waals surface area contributed by atoms with Crippen molar-refractivity contribution in [1.29, 1.82) is 0 Å². The Morgan fingerprint density at radius 2 is 1.79 bits per heavy atom. The second-order valence-corrected chi connectivity index (χ2v) is 7.84. The zero-order valence-electron chi connectivity index (χ0n) is 19.0. The molecule has 33 heavy (non-hydrogen) atoms. The largest absolute Gasteiger partial charge is 0.497 e. The van der Waals surface area contributed by atoms with Crippen LogP contribution in [0.5, 0.6) is 5.75 Å². The zero-order chi connectivity index (χ0) is 23.8. The number of piperazine rings is 2. The van der Waals surface area contributed by atoms with Crippen molar-refractivity contribution in [2.45, 2.75) is 19.4 Å². The smallest absolute Gasteiger partial charge is 0.409 e. The van der Waals surface area contributed by atoms with E-state index in [1.54, 1.807) is 43.2 Å². The zero-order valence-corrected chi connectivity index (χ0v) is 19.0. The second kappa shape index (κ2) is 11.5. The summed E-state index contributed by atoms with van der Waals surface area (Å²) in [7, 11) is 1.56. The molecule has 0 radical (unpaired) electrons. The fourth-order valence-electron chi connectivity index (χ4n) is 3.86. The van der Waals surface area contributed by atoms with E-state index in [-0.39, 0.29) is 36.8 Å². The molecule has 2 saturated heterocycles. The number of ether oxygens (including phenoxy) is 2. The maximum atomic E-state index is 13.0. The van der Waals surface area contributed by atoms with Crippen molar-refractivity contribution >= 4 is 29.5 Å². The number of carbonyl (C=O) groups is 4. The van der Waals surface area contributed by atoms with E-state index >= 15 is 0 Å². The Morgan fingerprint density at radius 1 is 1.09 bits per heavy atom. The van der Waals surface area contributed by atoms with Gasteiger partial charge in [0.25, 0.3) is 0 Å². The Morgan fingerprint density at radius 3 is 2.42 bits per heavy atom. The molecule has 1 aromatic rings. The summed E-state index contributed by atoms with van der Waals surface area (Å²) in [5.41, 5.74) is 0.578. The number of anilines is 1. The van der Waals surface area contributed by atoms with Gasteiger partial charge in [0.05, 0.1) is 26.7 Å². The van der Waals surface area contributed by atoms with Crippen LogP contribution in [0.15, 0.2) is 24.3 Å². The van der Waals surface area contributed by atoms with Crippen LogP contribution in [0.1, 0.15) is 13.3 Å². The van der Waals surface area contributed by atoms with Gasteiger partial charge < -0.3 is 29.9 Å². The van der Waals surface area contributed by atoms with Crippen molar-refractivity contribution in [3.05, 3.63) is 24.3 Å². The Bertz CT molecular complexity index is 853. The SMILES string of the molecule is CCOC(=O)N1CCN(CC(=O)N2CCNC(=O)C2CC(=O)Nc2ccc(OC)cc2)CC1. The predicted molar refractivity (Wildman–Crippen MR) is 120 cm³/mol. The van der Waals surface area contributed by atoms with E-state index in [1.165, 1.54) is 4.90 Å². The van der Waals surface area contributed by atoms with Crippen LogP contribution in [-0.4, -0.2) is 104 Å². The summed E-state index contributed by atoms with van der Waals surface area (Å²) >= 11 is 0. The molecule has 2 N–H and O–H groups in total. The Labute approximate surface area is 193 Å². The van der Waals surface area contributed by atoms with Crippen LogP contribution in [0, 0.1) is 0 Å². The van der Waals surface area contributed by atoms with Crippen molar-refractivity contribution in [2.24, 2.45) is 0 Å². The molecule has 2 fully saturated rings. The van der Waals surface area contributed by atoms with Gasteiger partial charge in [-0.1, -0.05) is 0 Å². The Kier molecular flexibility index (Phi) is 8.47. The lowest BCUT2D eigenvalue weighted by Gasteiger charge is -2.38. The monoisotopic (exact) mass is 461 g/mol. The van der Waals surface area contributed by atoms with Crippen molar-refractivity contribution in [3.8, 4) is 5.75 Å². The van der Waals surface area contributed by atoms with Crippen LogP contribution in [0.2, 0.25) is 0 Å². The predicted octanol–water partition coefficient (Wildman–Crippen LogP) is 0.125. The highest BCUT2D eigenvalue weighted by Crippen LogP contribution is 2.17. The van der Waals surface area contributed by atoms with E-state index in [4.69, 9.17) is 9.47 Å². The van der Waals surface area contributed by atoms with Gasteiger partial charge in [-0.05, 0) is 31.2 Å². The van der Waals surface area contributed by atoms with E-state index in [0.29, 0.717) is 57.3 Å². The normalized spacial score (nSPS) is 19.0. The molecule has 3 rings (SSSR count). The molecular weight excluding hydrogens is 430 g/mol. The first-order valence-corrected chi connectivity index (χ1v) is 11.1. The molecule has 11 heteroatoms. The third kappa shape index (κ3) is 6.58. The number of hydrogen-bond donors (Lipinski definition) is 2. The number of methoxy groups -OCH3 is 1. The minimum Gasteiger partial charge on any atom is -0.497 e. The molecule has 0 aliphatic carbocycles. The molecule has 180 valence electrons.